The van der Waals surface area contributed by atoms with Gasteiger partial charge in [-0.15, -0.1) is 0 Å². The van der Waals surface area contributed by atoms with Crippen molar-refractivity contribution in [2.24, 2.45) is 0 Å². The third kappa shape index (κ3) is 46.0. The molecule has 0 saturated carbocycles. The van der Waals surface area contributed by atoms with Crippen molar-refractivity contribution < 1.29 is 37.6 Å². The monoisotopic (exact) mass is 1710 g/mol. The molecule has 124 heavy (non-hydrogen) atoms. The summed E-state index contributed by atoms with van der Waals surface area (Å²) in [5.41, 5.74) is 16.4. The smallest absolute Gasteiger partial charge is 0.323 e. The van der Waals surface area contributed by atoms with Crippen molar-refractivity contribution >= 4 is 69.6 Å². The molecule has 8 amide bonds. The number of rotatable bonds is 40. The van der Waals surface area contributed by atoms with E-state index < -0.39 is 0 Å². The first-order valence-corrected chi connectivity index (χ1v) is 47.1. The van der Waals surface area contributed by atoms with Gasteiger partial charge in [-0.1, -0.05) is 315 Å². The molecule has 16 heteroatoms. The van der Waals surface area contributed by atoms with Crippen molar-refractivity contribution in [2.75, 3.05) is 94.9 Å². The SMILES string of the molecule is CC(C)c1ccc(NC(=O)Nc2ccc(C(C)C)cc2)cc1.CC(C)c1ccc(NC(=O)Nc2ccc(C(C)C)cc2)cc1.CC(C)c1ccc(NC(=O)Nc2ccc(C(C)C)cc2)cc1.CC(C)c1ccc(NC(=O)Nc2ccc(C(C)C)cc2)cc1.CCCC[N+](CCCC)(CCCC)CCCC.CCCC[N+](CCCC)(CCCC)CCCC.[F-].[F-]. The summed E-state index contributed by atoms with van der Waals surface area (Å²) in [6.07, 6.45) is 22.1. The predicted molar refractivity (Wildman–Crippen MR) is 534 cm³/mol. The highest BCUT2D eigenvalue weighted by atomic mass is 19.0. The van der Waals surface area contributed by atoms with Crippen molar-refractivity contribution in [1.29, 1.82) is 0 Å². The Labute approximate surface area is 752 Å². The molecule has 8 aromatic rings. The number of nitrogens with zero attached hydrogens (tertiary/aromatic N) is 2. The number of hydrogen-bond donors (Lipinski definition) is 8. The van der Waals surface area contributed by atoms with Gasteiger partial charge in [0, 0.05) is 45.5 Å². The van der Waals surface area contributed by atoms with Gasteiger partial charge < -0.3 is 60.9 Å². The summed E-state index contributed by atoms with van der Waals surface area (Å²) < 4.78 is 2.84. The van der Waals surface area contributed by atoms with E-state index in [1.54, 1.807) is 0 Å². The Bertz CT molecular complexity index is 3280. The van der Waals surface area contributed by atoms with Crippen LogP contribution in [0.2, 0.25) is 0 Å². The number of quaternary nitrogens is 2. The number of benzene rings is 8. The Balaban J connectivity index is 0.000000745. The van der Waals surface area contributed by atoms with E-state index in [9.17, 15) is 19.2 Å². The lowest BCUT2D eigenvalue weighted by atomic mass is 10.0. The van der Waals surface area contributed by atoms with E-state index in [4.69, 9.17) is 0 Å². The summed E-state index contributed by atoms with van der Waals surface area (Å²) >= 11 is 0. The number of nitrogens with one attached hydrogen (secondary N) is 8. The molecular weight excluding hydrogens is 1540 g/mol. The van der Waals surface area contributed by atoms with E-state index in [1.807, 2.05) is 194 Å². The molecule has 0 radical (unpaired) electrons. The molecule has 0 bridgehead atoms. The Morgan fingerprint density at radius 1 is 0.185 bits per heavy atom. The van der Waals surface area contributed by atoms with Gasteiger partial charge >= 0.3 is 24.1 Å². The van der Waals surface area contributed by atoms with Crippen molar-refractivity contribution in [3.8, 4) is 0 Å². The second-order valence-corrected chi connectivity index (χ2v) is 35.8. The summed E-state index contributed by atoms with van der Waals surface area (Å²) in [7, 11) is 0. The second-order valence-electron chi connectivity index (χ2n) is 35.8. The molecule has 0 aromatic heterocycles. The van der Waals surface area contributed by atoms with Gasteiger partial charge in [-0.2, -0.15) is 0 Å². The van der Waals surface area contributed by atoms with Gasteiger partial charge in [0.1, 0.15) is 0 Å². The lowest BCUT2D eigenvalue weighted by Gasteiger charge is -2.39. The highest BCUT2D eigenvalue weighted by Gasteiger charge is 2.26. The second kappa shape index (κ2) is 63.5. The zero-order valence-corrected chi connectivity index (χ0v) is 81.3. The number of carbonyl (C=O) groups is 4. The minimum absolute atomic E-state index is 0. The van der Waals surface area contributed by atoms with Gasteiger partial charge in [-0.05, 0) is 240 Å². The first kappa shape index (κ1) is 113. The number of unbranched alkanes of at least 4 members (excludes halogenated alkanes) is 8. The van der Waals surface area contributed by atoms with Crippen LogP contribution in [0.1, 0.15) is 361 Å². The zero-order chi connectivity index (χ0) is 90.4. The summed E-state index contributed by atoms with van der Waals surface area (Å²) in [6.45, 7) is 64.4. The zero-order valence-electron chi connectivity index (χ0n) is 81.3. The van der Waals surface area contributed by atoms with E-state index in [1.165, 1.54) is 209 Å². The van der Waals surface area contributed by atoms with Crippen molar-refractivity contribution in [3.05, 3.63) is 239 Å². The van der Waals surface area contributed by atoms with Gasteiger partial charge in [-0.25, -0.2) is 19.2 Å². The van der Waals surface area contributed by atoms with Crippen molar-refractivity contribution in [1.82, 2.24) is 0 Å². The molecule has 0 spiro atoms. The Hall–Kier alpha value is -9.38. The maximum Gasteiger partial charge on any atom is 0.323 e. The standard InChI is InChI=1S/4C19H24N2O.2C16H36N.2FH/c4*1-13(2)15-5-9-17(10-6-15)20-19(22)21-18-11-7-16(8-12-18)14(3)4;2*1-5-9-13-17(14-10-6-2,15-11-7-3)16-12-8-4;;/h4*5-14H,1-4H3,(H2,20,21,22);2*5-16H2,1-4H3;2*1H/q;;;;2*+1;;/p-2. The first-order chi connectivity index (χ1) is 58.3. The Morgan fingerprint density at radius 3 is 0.347 bits per heavy atom. The quantitative estimate of drug-likeness (QED) is 0.0179. The fourth-order valence-electron chi connectivity index (χ4n) is 14.1. The van der Waals surface area contributed by atoms with Gasteiger partial charge in [0.25, 0.3) is 0 Å². The van der Waals surface area contributed by atoms with Gasteiger partial charge in [-0.3, -0.25) is 0 Å². The highest BCUT2D eigenvalue weighted by molar-refractivity contribution is 6.02. The number of hydrogen-bond acceptors (Lipinski definition) is 4. The fourth-order valence-corrected chi connectivity index (χ4v) is 14.1. The van der Waals surface area contributed by atoms with Crippen molar-refractivity contribution in [2.45, 2.75) is 316 Å². The van der Waals surface area contributed by atoms with Crippen LogP contribution in [0.4, 0.5) is 64.7 Å². The maximum atomic E-state index is 12.0. The van der Waals surface area contributed by atoms with Crippen LogP contribution in [0.5, 0.6) is 0 Å². The number of halogens is 2. The van der Waals surface area contributed by atoms with Crippen LogP contribution in [0, 0.1) is 0 Å². The summed E-state index contributed by atoms with van der Waals surface area (Å²) in [5.74, 6) is 3.91. The minimum Gasteiger partial charge on any atom is -1.00 e. The highest BCUT2D eigenvalue weighted by Crippen LogP contribution is 2.27. The summed E-state index contributed by atoms with van der Waals surface area (Å²) in [5, 5.41) is 22.8. The van der Waals surface area contributed by atoms with Crippen molar-refractivity contribution in [3.63, 3.8) is 0 Å². The first-order valence-electron chi connectivity index (χ1n) is 47.1. The molecule has 14 nitrogen and oxygen atoms in total. The van der Waals surface area contributed by atoms with Crippen LogP contribution in [0.25, 0.3) is 0 Å². The molecule has 0 fully saturated rings. The lowest BCUT2D eigenvalue weighted by molar-refractivity contribution is -0.929. The third-order valence-corrected chi connectivity index (χ3v) is 22.6. The topological polar surface area (TPSA) is 165 Å². The molecule has 0 aliphatic rings. The van der Waals surface area contributed by atoms with E-state index in [-0.39, 0.29) is 33.5 Å². The van der Waals surface area contributed by atoms with Gasteiger partial charge in [0.2, 0.25) is 0 Å². The molecule has 0 heterocycles. The molecule has 0 atom stereocenters. The van der Waals surface area contributed by atoms with E-state index in [2.05, 4.69) is 209 Å². The van der Waals surface area contributed by atoms with Crippen LogP contribution in [-0.2, 0) is 0 Å². The predicted octanol–water partition coefficient (Wildman–Crippen LogP) is 26.3. The molecule has 0 aliphatic heterocycles. The molecule has 8 rings (SSSR count). The largest absolute Gasteiger partial charge is 1.00 e. The van der Waals surface area contributed by atoms with Crippen LogP contribution >= 0.6 is 0 Å². The Kier molecular flexibility index (Phi) is 57.7. The van der Waals surface area contributed by atoms with Crippen LogP contribution < -0.4 is 51.9 Å². The number of urea groups is 4. The van der Waals surface area contributed by atoms with E-state index >= 15 is 0 Å². The number of amides is 8. The average Bonchev–Trinajstić information content (AvgIpc) is 0.869. The van der Waals surface area contributed by atoms with Gasteiger partial charge in [0.05, 0.1) is 52.4 Å². The molecule has 8 N–H and O–H groups in total. The minimum atomic E-state index is -0.227. The third-order valence-electron chi connectivity index (χ3n) is 22.6. The van der Waals surface area contributed by atoms with Crippen LogP contribution in [-0.4, -0.2) is 85.4 Å². The fraction of sp³-hybridized carbons (Fsp3) is 0.519. The summed E-state index contributed by atoms with van der Waals surface area (Å²) in [4.78, 5) is 48.0. The van der Waals surface area contributed by atoms with Crippen LogP contribution in [0.3, 0.4) is 0 Å². The normalized spacial score (nSPS) is 11.0. The molecule has 0 aliphatic carbocycles. The van der Waals surface area contributed by atoms with E-state index in [0.717, 1.165) is 45.5 Å². The Morgan fingerprint density at radius 2 is 0.274 bits per heavy atom. The van der Waals surface area contributed by atoms with Crippen LogP contribution in [0.15, 0.2) is 194 Å². The van der Waals surface area contributed by atoms with Gasteiger partial charge in [0.15, 0.2) is 0 Å². The van der Waals surface area contributed by atoms with E-state index in [0.29, 0.717) is 47.3 Å². The lowest BCUT2D eigenvalue weighted by Crippen LogP contribution is -3.00. The summed E-state index contributed by atoms with van der Waals surface area (Å²) in [6, 6.07) is 62.6. The number of carbonyl (C=O) groups excluding carboxylic acids is 4. The molecule has 0 unspecified atom stereocenters. The molecule has 0 saturated heterocycles. The molecule has 8 aromatic carbocycles. The molecule has 688 valence electrons. The average molecular weight is 1710 g/mol. The molecular formula is C108H168F2N10O4. The maximum absolute atomic E-state index is 12.0. The number of anilines is 8.